The summed E-state index contributed by atoms with van der Waals surface area (Å²) in [7, 11) is 0. The summed E-state index contributed by atoms with van der Waals surface area (Å²) < 4.78 is 23.5. The number of hydrogen-bond donors (Lipinski definition) is 1. The number of alkyl halides is 2. The van der Waals surface area contributed by atoms with Crippen LogP contribution in [0.25, 0.3) is 0 Å². The van der Waals surface area contributed by atoms with Crippen LogP contribution in [0, 0.1) is 0 Å². The molecule has 0 saturated heterocycles. The van der Waals surface area contributed by atoms with E-state index in [0.717, 1.165) is 11.3 Å². The molecule has 0 spiro atoms. The van der Waals surface area contributed by atoms with Crippen LogP contribution >= 0.6 is 23.1 Å². The molecule has 0 unspecified atom stereocenters. The number of carboxylic acids is 1. The van der Waals surface area contributed by atoms with Gasteiger partial charge in [0, 0.05) is 5.38 Å². The first-order valence-electron chi connectivity index (χ1n) is 2.73. The van der Waals surface area contributed by atoms with Gasteiger partial charge in [-0.3, -0.25) is 0 Å². The number of rotatable bonds is 3. The Bertz CT molecular complexity index is 289. The van der Waals surface area contributed by atoms with Crippen molar-refractivity contribution in [2.24, 2.45) is 0 Å². The van der Waals surface area contributed by atoms with Gasteiger partial charge in [-0.15, -0.1) is 11.3 Å². The summed E-state index contributed by atoms with van der Waals surface area (Å²) in [6, 6.07) is 0. The molecule has 0 radical (unpaired) electrons. The van der Waals surface area contributed by atoms with E-state index in [-0.39, 0.29) is 21.8 Å². The predicted octanol–water partition coefficient (Wildman–Crippen LogP) is 2.16. The fourth-order valence-corrected chi connectivity index (χ4v) is 1.89. The quantitative estimate of drug-likeness (QED) is 0.778. The highest BCUT2D eigenvalue weighted by molar-refractivity contribution is 8.01. The number of nitrogens with zero attached hydrogens (tertiary/aromatic N) is 1. The zero-order valence-corrected chi connectivity index (χ0v) is 7.16. The van der Waals surface area contributed by atoms with Crippen molar-refractivity contribution in [1.29, 1.82) is 0 Å². The fourth-order valence-electron chi connectivity index (χ4n) is 0.486. The molecule has 1 N–H and O–H groups in total. The van der Waals surface area contributed by atoms with Gasteiger partial charge >= 0.3 is 5.97 Å². The molecule has 0 atom stereocenters. The van der Waals surface area contributed by atoms with E-state index in [1.165, 1.54) is 5.38 Å². The van der Waals surface area contributed by atoms with Crippen LogP contribution in [-0.4, -0.2) is 21.8 Å². The van der Waals surface area contributed by atoms with Crippen LogP contribution in [0.3, 0.4) is 0 Å². The molecule has 1 rings (SSSR count). The molecule has 1 aromatic heterocycles. The maximum Gasteiger partial charge on any atom is 0.355 e. The van der Waals surface area contributed by atoms with Crippen LogP contribution in [0.15, 0.2) is 9.72 Å². The highest BCUT2D eigenvalue weighted by Crippen LogP contribution is 2.27. The molecule has 7 heteroatoms. The lowest BCUT2D eigenvalue weighted by molar-refractivity contribution is 0.0690. The summed E-state index contributed by atoms with van der Waals surface area (Å²) in [5, 5.41) is 9.61. The lowest BCUT2D eigenvalue weighted by Crippen LogP contribution is -1.95. The monoisotopic (exact) mass is 211 g/mol. The first kappa shape index (κ1) is 9.40. The summed E-state index contributed by atoms with van der Waals surface area (Å²) in [4.78, 5) is 13.7. The Morgan fingerprint density at radius 2 is 2.42 bits per heavy atom. The third-order valence-corrected chi connectivity index (χ3v) is 2.57. The summed E-state index contributed by atoms with van der Waals surface area (Å²) in [5.41, 5.74) is -0.192. The van der Waals surface area contributed by atoms with Crippen molar-refractivity contribution in [2.45, 2.75) is 10.1 Å². The maximum absolute atomic E-state index is 11.7. The molecule has 0 saturated carbocycles. The Labute approximate surface area is 74.4 Å². The van der Waals surface area contributed by atoms with Crippen molar-refractivity contribution in [2.75, 3.05) is 0 Å². The lowest BCUT2D eigenvalue weighted by atomic mass is 10.5. The number of thiazole rings is 1. The molecule has 0 aliphatic rings. The summed E-state index contributed by atoms with van der Waals surface area (Å²) in [6.45, 7) is 0. The Morgan fingerprint density at radius 1 is 1.75 bits per heavy atom. The topological polar surface area (TPSA) is 50.2 Å². The molecule has 66 valence electrons. The van der Waals surface area contributed by atoms with E-state index in [4.69, 9.17) is 5.11 Å². The zero-order chi connectivity index (χ0) is 9.14. The van der Waals surface area contributed by atoms with Gasteiger partial charge in [0.25, 0.3) is 5.76 Å². The van der Waals surface area contributed by atoms with Crippen LogP contribution in [0.2, 0.25) is 0 Å². The number of halogens is 2. The van der Waals surface area contributed by atoms with Gasteiger partial charge in [-0.25, -0.2) is 9.78 Å². The number of carboxylic acid groups (broad SMARTS) is 1. The van der Waals surface area contributed by atoms with Gasteiger partial charge in [-0.05, 0) is 11.8 Å². The molecule has 12 heavy (non-hydrogen) atoms. The second-order valence-electron chi connectivity index (χ2n) is 1.68. The van der Waals surface area contributed by atoms with E-state index >= 15 is 0 Å². The van der Waals surface area contributed by atoms with E-state index < -0.39 is 11.7 Å². The van der Waals surface area contributed by atoms with E-state index in [1.54, 1.807) is 0 Å². The van der Waals surface area contributed by atoms with Gasteiger partial charge in [-0.1, -0.05) is 0 Å². The average molecular weight is 211 g/mol. The van der Waals surface area contributed by atoms with Crippen molar-refractivity contribution in [3.05, 3.63) is 11.1 Å². The average Bonchev–Trinajstić information content (AvgIpc) is 2.34. The zero-order valence-electron chi connectivity index (χ0n) is 5.53. The first-order chi connectivity index (χ1) is 5.59. The molecule has 0 amide bonds. The van der Waals surface area contributed by atoms with Gasteiger partial charge in [0.15, 0.2) is 10.0 Å². The van der Waals surface area contributed by atoms with Crippen molar-refractivity contribution >= 4 is 29.1 Å². The molecule has 0 fully saturated rings. The summed E-state index contributed by atoms with van der Waals surface area (Å²) in [6.07, 6.45) is 0. The number of aromatic nitrogens is 1. The maximum atomic E-state index is 11.7. The highest BCUT2D eigenvalue weighted by atomic mass is 32.2. The Hall–Kier alpha value is -0.690. The van der Waals surface area contributed by atoms with Crippen LogP contribution in [0.1, 0.15) is 10.5 Å². The third-order valence-electron chi connectivity index (χ3n) is 0.892. The molecular weight excluding hydrogens is 208 g/mol. The fraction of sp³-hybridized carbons (Fsp3) is 0.200. The van der Waals surface area contributed by atoms with Crippen LogP contribution in [0.4, 0.5) is 8.78 Å². The van der Waals surface area contributed by atoms with Crippen molar-refractivity contribution < 1.29 is 18.7 Å². The number of hydrogen-bond acceptors (Lipinski definition) is 4. The van der Waals surface area contributed by atoms with Gasteiger partial charge in [0.2, 0.25) is 0 Å². The van der Waals surface area contributed by atoms with Gasteiger partial charge in [0.1, 0.15) is 0 Å². The Morgan fingerprint density at radius 3 is 2.83 bits per heavy atom. The largest absolute Gasteiger partial charge is 0.476 e. The van der Waals surface area contributed by atoms with E-state index in [0.29, 0.717) is 0 Å². The first-order valence-corrected chi connectivity index (χ1v) is 4.49. The SMILES string of the molecule is O=C(O)c1csc(SC(F)F)n1. The van der Waals surface area contributed by atoms with E-state index in [2.05, 4.69) is 4.98 Å². The van der Waals surface area contributed by atoms with Crippen molar-refractivity contribution in [3.8, 4) is 0 Å². The van der Waals surface area contributed by atoms with Crippen molar-refractivity contribution in [1.82, 2.24) is 4.98 Å². The summed E-state index contributed by atoms with van der Waals surface area (Å²) in [5.74, 6) is -3.76. The minimum Gasteiger partial charge on any atom is -0.476 e. The molecule has 1 aromatic rings. The van der Waals surface area contributed by atoms with Crippen LogP contribution in [0.5, 0.6) is 0 Å². The van der Waals surface area contributed by atoms with Gasteiger partial charge in [-0.2, -0.15) is 8.78 Å². The highest BCUT2D eigenvalue weighted by Gasteiger charge is 2.12. The minimum absolute atomic E-state index is 0.0717. The normalized spacial score (nSPS) is 10.6. The molecule has 0 aliphatic heterocycles. The standard InChI is InChI=1S/C5H3F2NO2S2/c6-4(7)12-5-8-2(1-11-5)3(9)10/h1,4H,(H,9,10). The van der Waals surface area contributed by atoms with E-state index in [1.807, 2.05) is 0 Å². The Kier molecular flexibility index (Phi) is 2.99. The minimum atomic E-state index is -2.56. The van der Waals surface area contributed by atoms with Crippen LogP contribution < -0.4 is 0 Å². The molecule has 3 nitrogen and oxygen atoms in total. The third kappa shape index (κ3) is 2.42. The summed E-state index contributed by atoms with van der Waals surface area (Å²) >= 11 is 1.14. The van der Waals surface area contributed by atoms with Gasteiger partial charge < -0.3 is 5.11 Å². The Balaban J connectivity index is 2.71. The molecule has 1 heterocycles. The smallest absolute Gasteiger partial charge is 0.355 e. The molecule has 0 aliphatic carbocycles. The number of aromatic carboxylic acids is 1. The van der Waals surface area contributed by atoms with Gasteiger partial charge in [0.05, 0.1) is 0 Å². The molecular formula is C5H3F2NO2S2. The lowest BCUT2D eigenvalue weighted by Gasteiger charge is -1.90. The second kappa shape index (κ2) is 3.81. The number of carbonyl (C=O) groups is 1. The molecule has 0 bridgehead atoms. The number of thioether (sulfide) groups is 1. The van der Waals surface area contributed by atoms with Crippen molar-refractivity contribution in [3.63, 3.8) is 0 Å². The molecule has 0 aromatic carbocycles. The van der Waals surface area contributed by atoms with E-state index in [9.17, 15) is 13.6 Å². The second-order valence-corrected chi connectivity index (χ2v) is 3.78. The predicted molar refractivity (Wildman–Crippen MR) is 40.9 cm³/mol. The van der Waals surface area contributed by atoms with Crippen LogP contribution in [-0.2, 0) is 0 Å².